The van der Waals surface area contributed by atoms with Gasteiger partial charge in [0.25, 0.3) is 0 Å². The molecule has 0 spiro atoms. The molecular formula is C22H33N3O4. The normalized spacial score (nSPS) is 19.9. The number of hydrogen-bond donors (Lipinski definition) is 0. The van der Waals surface area contributed by atoms with Crippen LogP contribution in [0.1, 0.15) is 25.3 Å². The van der Waals surface area contributed by atoms with Gasteiger partial charge in [0, 0.05) is 26.2 Å². The van der Waals surface area contributed by atoms with E-state index in [2.05, 4.69) is 17.0 Å². The van der Waals surface area contributed by atoms with Crippen molar-refractivity contribution in [2.24, 2.45) is 5.92 Å². The minimum atomic E-state index is -0.379. The largest absolute Gasteiger partial charge is 0.497 e. The second-order valence-corrected chi connectivity index (χ2v) is 7.88. The zero-order chi connectivity index (χ0) is 20.6. The molecule has 2 amide bonds. The van der Waals surface area contributed by atoms with Gasteiger partial charge in [-0.2, -0.15) is 0 Å². The molecule has 2 saturated heterocycles. The Morgan fingerprint density at radius 2 is 2.21 bits per heavy atom. The fraction of sp³-hybridized carbons (Fsp3) is 0.636. The number of ether oxygens (including phenoxy) is 2. The van der Waals surface area contributed by atoms with Crippen molar-refractivity contribution in [2.75, 3.05) is 59.5 Å². The van der Waals surface area contributed by atoms with Crippen LogP contribution in [0.25, 0.3) is 0 Å². The maximum absolute atomic E-state index is 12.7. The van der Waals surface area contributed by atoms with Crippen molar-refractivity contribution in [3.8, 4) is 5.75 Å². The molecule has 29 heavy (non-hydrogen) atoms. The molecule has 3 rings (SSSR count). The molecule has 2 fully saturated rings. The third kappa shape index (κ3) is 6.10. The van der Waals surface area contributed by atoms with Gasteiger partial charge in [-0.05, 0) is 56.3 Å². The molecule has 0 N–H and O–H groups in total. The second-order valence-electron chi connectivity index (χ2n) is 7.88. The summed E-state index contributed by atoms with van der Waals surface area (Å²) in [6, 6.07) is 8.25. The summed E-state index contributed by atoms with van der Waals surface area (Å²) < 4.78 is 10.2. The van der Waals surface area contributed by atoms with Gasteiger partial charge in [-0.3, -0.25) is 9.69 Å². The van der Waals surface area contributed by atoms with Gasteiger partial charge < -0.3 is 19.3 Å². The van der Waals surface area contributed by atoms with Gasteiger partial charge in [-0.1, -0.05) is 12.1 Å². The van der Waals surface area contributed by atoms with Gasteiger partial charge in [0.15, 0.2) is 0 Å². The Kier molecular flexibility index (Phi) is 7.75. The number of methoxy groups -OCH3 is 1. The van der Waals surface area contributed by atoms with E-state index in [0.29, 0.717) is 25.6 Å². The average Bonchev–Trinajstić information content (AvgIpc) is 3.15. The van der Waals surface area contributed by atoms with Crippen molar-refractivity contribution in [3.63, 3.8) is 0 Å². The highest BCUT2D eigenvalue weighted by Crippen LogP contribution is 2.19. The summed E-state index contributed by atoms with van der Waals surface area (Å²) in [6.07, 6.45) is 2.92. The van der Waals surface area contributed by atoms with E-state index in [1.54, 1.807) is 7.11 Å². The van der Waals surface area contributed by atoms with Crippen LogP contribution in [-0.4, -0.2) is 86.2 Å². The lowest BCUT2D eigenvalue weighted by Crippen LogP contribution is -2.46. The molecule has 2 heterocycles. The highest BCUT2D eigenvalue weighted by atomic mass is 16.6. The fourth-order valence-corrected chi connectivity index (χ4v) is 4.17. The lowest BCUT2D eigenvalue weighted by atomic mass is 9.96. The molecule has 1 unspecified atom stereocenters. The number of benzene rings is 1. The first-order valence-corrected chi connectivity index (χ1v) is 10.6. The molecule has 2 aliphatic rings. The summed E-state index contributed by atoms with van der Waals surface area (Å²) in [4.78, 5) is 30.1. The predicted molar refractivity (Wildman–Crippen MR) is 111 cm³/mol. The Bertz CT molecular complexity index is 696. The number of likely N-dealkylation sites (N-methyl/N-ethyl adjacent to an activating group) is 1. The number of rotatable bonds is 9. The Morgan fingerprint density at radius 3 is 2.93 bits per heavy atom. The van der Waals surface area contributed by atoms with Gasteiger partial charge in [0.05, 0.1) is 13.7 Å². The second kappa shape index (κ2) is 10.5. The Morgan fingerprint density at radius 1 is 1.34 bits per heavy atom. The molecule has 0 saturated carbocycles. The van der Waals surface area contributed by atoms with Crippen LogP contribution in [0, 0.1) is 5.92 Å². The molecule has 1 atom stereocenters. The Labute approximate surface area is 173 Å². The number of piperidine rings is 1. The maximum Gasteiger partial charge on any atom is 0.410 e. The Balaban J connectivity index is 1.47. The van der Waals surface area contributed by atoms with Crippen LogP contribution in [0.2, 0.25) is 0 Å². The standard InChI is InChI=1S/C22H33N3O4/c1-3-24(21(26)17-25-12-13-29-22(25)27)16-19-7-5-10-23(15-19)11-9-18-6-4-8-20(14-18)28-2/h4,6,8,14,19H,3,5,7,9-13,15-17H2,1-2H3. The van der Waals surface area contributed by atoms with E-state index >= 15 is 0 Å². The minimum absolute atomic E-state index is 0.0138. The number of carbonyl (C=O) groups excluding carboxylic acids is 2. The molecule has 1 aromatic carbocycles. The van der Waals surface area contributed by atoms with E-state index < -0.39 is 0 Å². The van der Waals surface area contributed by atoms with Gasteiger partial charge in [-0.25, -0.2) is 4.79 Å². The van der Waals surface area contributed by atoms with Crippen molar-refractivity contribution in [1.29, 1.82) is 0 Å². The van der Waals surface area contributed by atoms with Crippen LogP contribution in [0.3, 0.4) is 0 Å². The summed E-state index contributed by atoms with van der Waals surface area (Å²) in [7, 11) is 1.70. The molecule has 0 aromatic heterocycles. The monoisotopic (exact) mass is 403 g/mol. The predicted octanol–water partition coefficient (Wildman–Crippen LogP) is 2.25. The van der Waals surface area contributed by atoms with Crippen LogP contribution in [0.5, 0.6) is 5.75 Å². The van der Waals surface area contributed by atoms with Crippen LogP contribution in [-0.2, 0) is 16.0 Å². The van der Waals surface area contributed by atoms with Gasteiger partial charge in [0.1, 0.15) is 18.9 Å². The van der Waals surface area contributed by atoms with Crippen molar-refractivity contribution in [1.82, 2.24) is 14.7 Å². The Hall–Kier alpha value is -2.28. The first-order chi connectivity index (χ1) is 14.1. The smallest absolute Gasteiger partial charge is 0.410 e. The van der Waals surface area contributed by atoms with Crippen LogP contribution in [0.4, 0.5) is 4.79 Å². The summed E-state index contributed by atoms with van der Waals surface area (Å²) in [6.45, 7) is 7.58. The topological polar surface area (TPSA) is 62.3 Å². The van der Waals surface area contributed by atoms with E-state index in [1.807, 2.05) is 24.0 Å². The molecule has 1 aromatic rings. The fourth-order valence-electron chi connectivity index (χ4n) is 4.17. The first kappa shape index (κ1) is 21.4. The number of nitrogens with zero attached hydrogens (tertiary/aromatic N) is 3. The SMILES string of the molecule is CCN(CC1CCCN(CCc2cccc(OC)c2)C1)C(=O)CN1CCOC1=O. The molecule has 2 aliphatic heterocycles. The molecule has 0 radical (unpaired) electrons. The number of cyclic esters (lactones) is 1. The van der Waals surface area contributed by atoms with Crippen molar-refractivity contribution < 1.29 is 19.1 Å². The van der Waals surface area contributed by atoms with Gasteiger partial charge >= 0.3 is 6.09 Å². The third-order valence-electron chi connectivity index (χ3n) is 5.84. The van der Waals surface area contributed by atoms with Crippen LogP contribution < -0.4 is 4.74 Å². The van der Waals surface area contributed by atoms with Crippen LogP contribution >= 0.6 is 0 Å². The summed E-state index contributed by atoms with van der Waals surface area (Å²) in [5.41, 5.74) is 1.29. The lowest BCUT2D eigenvalue weighted by molar-refractivity contribution is -0.132. The van der Waals surface area contributed by atoms with Gasteiger partial charge in [0.2, 0.25) is 5.91 Å². The van der Waals surface area contributed by atoms with E-state index in [0.717, 1.165) is 51.2 Å². The number of carbonyl (C=O) groups is 2. The third-order valence-corrected chi connectivity index (χ3v) is 5.84. The van der Waals surface area contributed by atoms with Crippen LogP contribution in [0.15, 0.2) is 24.3 Å². The summed E-state index contributed by atoms with van der Waals surface area (Å²) >= 11 is 0. The van der Waals surface area contributed by atoms with Crippen molar-refractivity contribution in [3.05, 3.63) is 29.8 Å². The lowest BCUT2D eigenvalue weighted by Gasteiger charge is -2.35. The first-order valence-electron chi connectivity index (χ1n) is 10.6. The van der Waals surface area contributed by atoms with E-state index in [-0.39, 0.29) is 18.5 Å². The molecule has 0 bridgehead atoms. The van der Waals surface area contributed by atoms with Crippen molar-refractivity contribution >= 4 is 12.0 Å². The van der Waals surface area contributed by atoms with E-state index in [1.165, 1.54) is 10.5 Å². The van der Waals surface area contributed by atoms with E-state index in [4.69, 9.17) is 9.47 Å². The minimum Gasteiger partial charge on any atom is -0.497 e. The van der Waals surface area contributed by atoms with Crippen molar-refractivity contribution in [2.45, 2.75) is 26.2 Å². The molecule has 160 valence electrons. The quantitative estimate of drug-likeness (QED) is 0.633. The highest BCUT2D eigenvalue weighted by molar-refractivity contribution is 5.82. The summed E-state index contributed by atoms with van der Waals surface area (Å²) in [5, 5.41) is 0. The number of amides is 2. The molecule has 0 aliphatic carbocycles. The zero-order valence-corrected chi connectivity index (χ0v) is 17.6. The highest BCUT2D eigenvalue weighted by Gasteiger charge is 2.28. The molecule has 7 heteroatoms. The zero-order valence-electron chi connectivity index (χ0n) is 17.6. The van der Waals surface area contributed by atoms with E-state index in [9.17, 15) is 9.59 Å². The van der Waals surface area contributed by atoms with Gasteiger partial charge in [-0.15, -0.1) is 0 Å². The number of hydrogen-bond acceptors (Lipinski definition) is 5. The maximum atomic E-state index is 12.7. The molecular weight excluding hydrogens is 370 g/mol. The molecule has 7 nitrogen and oxygen atoms in total. The average molecular weight is 404 g/mol. The number of likely N-dealkylation sites (tertiary alicyclic amines) is 1. The summed E-state index contributed by atoms with van der Waals surface area (Å²) in [5.74, 6) is 1.39.